The number of para-hydroxylation sites is 2. The molecule has 5 atom stereocenters. The number of fused-ring (bicyclic) bond motifs is 3. The summed E-state index contributed by atoms with van der Waals surface area (Å²) in [6.45, 7) is 2.07. The fraction of sp³-hybridized carbons (Fsp3) is 0.500. The highest BCUT2D eigenvalue weighted by Crippen LogP contribution is 2.52. The number of aromatic hydroxyl groups is 2. The van der Waals surface area contributed by atoms with E-state index in [4.69, 9.17) is 18.9 Å². The fourth-order valence-corrected chi connectivity index (χ4v) is 5.53. The lowest BCUT2D eigenvalue weighted by molar-refractivity contribution is -0.235. The number of methoxy groups -OCH3 is 2. The second-order valence-corrected chi connectivity index (χ2v) is 9.56. The summed E-state index contributed by atoms with van der Waals surface area (Å²) in [6.07, 6.45) is -6.77. The molecular formula is C26H32N2O10. The Morgan fingerprint density at radius 3 is 2.37 bits per heavy atom. The van der Waals surface area contributed by atoms with E-state index in [2.05, 4.69) is 4.90 Å². The number of benzene rings is 2. The van der Waals surface area contributed by atoms with E-state index in [1.165, 1.54) is 7.11 Å². The summed E-state index contributed by atoms with van der Waals surface area (Å²) in [5.41, 5.74) is 1.06. The van der Waals surface area contributed by atoms with Crippen molar-refractivity contribution in [2.45, 2.75) is 37.1 Å². The fourth-order valence-electron chi connectivity index (χ4n) is 5.53. The van der Waals surface area contributed by atoms with E-state index in [1.54, 1.807) is 7.11 Å². The first kappa shape index (κ1) is 26.3. The van der Waals surface area contributed by atoms with E-state index in [-0.39, 0.29) is 29.0 Å². The zero-order valence-electron chi connectivity index (χ0n) is 21.1. The van der Waals surface area contributed by atoms with Gasteiger partial charge in [-0.25, -0.2) is 4.79 Å². The molecule has 2 aromatic rings. The second kappa shape index (κ2) is 10.5. The van der Waals surface area contributed by atoms with Crippen molar-refractivity contribution in [1.29, 1.82) is 0 Å². The van der Waals surface area contributed by atoms with E-state index in [9.17, 15) is 30.3 Å². The summed E-state index contributed by atoms with van der Waals surface area (Å²) in [7, 11) is 2.90. The number of esters is 1. The maximum Gasteiger partial charge on any atom is 0.339 e. The number of piperazine rings is 1. The number of carbonyl (C=O) groups excluding carboxylic acids is 1. The topological polar surface area (TPSA) is 162 Å². The van der Waals surface area contributed by atoms with Gasteiger partial charge in [-0.1, -0.05) is 12.1 Å². The number of phenolic OH excluding ortho intramolecular Hbond substituents is 2. The minimum absolute atomic E-state index is 0.0204. The van der Waals surface area contributed by atoms with E-state index in [1.807, 2.05) is 29.2 Å². The number of nitrogens with zero attached hydrogens (tertiary/aromatic N) is 2. The van der Waals surface area contributed by atoms with Crippen LogP contribution in [0, 0.1) is 0 Å². The second-order valence-electron chi connectivity index (χ2n) is 9.56. The van der Waals surface area contributed by atoms with Crippen LogP contribution >= 0.6 is 0 Å². The molecule has 3 aliphatic rings. The van der Waals surface area contributed by atoms with E-state index < -0.39 is 54.6 Å². The molecular weight excluding hydrogens is 500 g/mol. The summed E-state index contributed by atoms with van der Waals surface area (Å²) < 4.78 is 22.0. The van der Waals surface area contributed by atoms with Gasteiger partial charge in [0.25, 0.3) is 0 Å². The molecule has 12 nitrogen and oxygen atoms in total. The smallest absolute Gasteiger partial charge is 0.339 e. The van der Waals surface area contributed by atoms with Crippen molar-refractivity contribution in [3.8, 4) is 23.0 Å². The quantitative estimate of drug-likeness (QED) is 0.320. The van der Waals surface area contributed by atoms with Crippen LogP contribution in [0.2, 0.25) is 0 Å². The van der Waals surface area contributed by atoms with Crippen molar-refractivity contribution in [3.05, 3.63) is 41.0 Å². The van der Waals surface area contributed by atoms with Crippen LogP contribution in [0.1, 0.15) is 27.6 Å². The van der Waals surface area contributed by atoms with Crippen LogP contribution in [0.15, 0.2) is 24.3 Å². The molecule has 12 heteroatoms. The van der Waals surface area contributed by atoms with Gasteiger partial charge in [0.2, 0.25) is 5.75 Å². The molecule has 2 fully saturated rings. The summed E-state index contributed by atoms with van der Waals surface area (Å²) in [4.78, 5) is 17.4. The number of phenols is 2. The first-order valence-corrected chi connectivity index (χ1v) is 12.4. The van der Waals surface area contributed by atoms with Gasteiger partial charge in [-0.2, -0.15) is 0 Å². The molecule has 0 amide bonds. The highest BCUT2D eigenvalue weighted by Gasteiger charge is 2.53. The Morgan fingerprint density at radius 2 is 1.71 bits per heavy atom. The summed E-state index contributed by atoms with van der Waals surface area (Å²) in [5.74, 6) is -1.29. The lowest BCUT2D eigenvalue weighted by Crippen LogP contribution is -2.58. The molecule has 0 saturated carbocycles. The van der Waals surface area contributed by atoms with Crippen LogP contribution in [-0.4, -0.2) is 108 Å². The number of carbonyl (C=O) groups is 1. The van der Waals surface area contributed by atoms with Gasteiger partial charge in [0, 0.05) is 43.9 Å². The molecule has 3 aliphatic heterocycles. The molecule has 2 saturated heterocycles. The Bertz CT molecular complexity index is 1200. The molecule has 38 heavy (non-hydrogen) atoms. The van der Waals surface area contributed by atoms with Crippen molar-refractivity contribution in [2.75, 3.05) is 51.9 Å². The third-order valence-corrected chi connectivity index (χ3v) is 7.53. The highest BCUT2D eigenvalue weighted by atomic mass is 16.6. The van der Waals surface area contributed by atoms with Gasteiger partial charge in [-0.3, -0.25) is 4.90 Å². The number of aliphatic hydroxyl groups is 3. The molecule has 0 spiro atoms. The Kier molecular flexibility index (Phi) is 7.25. The van der Waals surface area contributed by atoms with E-state index in [0.717, 1.165) is 11.4 Å². The first-order valence-electron chi connectivity index (χ1n) is 12.4. The van der Waals surface area contributed by atoms with E-state index >= 15 is 0 Å². The van der Waals surface area contributed by atoms with Crippen molar-refractivity contribution in [1.82, 2.24) is 4.90 Å². The lowest BCUT2D eigenvalue weighted by Gasteiger charge is -2.45. The lowest BCUT2D eigenvalue weighted by atomic mass is 9.84. The molecule has 0 aromatic heterocycles. The molecule has 206 valence electrons. The van der Waals surface area contributed by atoms with Crippen LogP contribution in [0.5, 0.6) is 23.0 Å². The Hall–Kier alpha value is -3.29. The molecule has 0 aliphatic carbocycles. The molecule has 2 aromatic carbocycles. The minimum Gasteiger partial charge on any atom is -0.504 e. The zero-order chi connectivity index (χ0) is 27.1. The van der Waals surface area contributed by atoms with Crippen molar-refractivity contribution in [2.24, 2.45) is 0 Å². The number of hydrogen-bond acceptors (Lipinski definition) is 12. The average Bonchev–Trinajstić information content (AvgIpc) is 2.93. The van der Waals surface area contributed by atoms with Gasteiger partial charge in [-0.05, 0) is 12.1 Å². The molecule has 0 unspecified atom stereocenters. The third kappa shape index (κ3) is 4.28. The summed E-state index contributed by atoms with van der Waals surface area (Å²) in [6, 6.07) is 7.74. The van der Waals surface area contributed by atoms with Gasteiger partial charge in [-0.15, -0.1) is 0 Å². The standard InChI is InChI=1S/C26H32N2O10/c1-35-15-6-4-3-5-14(15)28-9-7-27(8-10-28)11-13-17-18(21(32)24(36-2)19(13)30)23-25(38-26(17)34)22(33)20(31)16(12-29)37-23/h3-6,16,20,22-23,25,29-33H,7-12H2,1-2H3/t16-,20-,22+,23-,25+/m1/s1. The maximum absolute atomic E-state index is 13.2. The number of aliphatic hydroxyl groups excluding tert-OH is 3. The third-order valence-electron chi connectivity index (χ3n) is 7.53. The minimum atomic E-state index is -1.56. The van der Waals surface area contributed by atoms with E-state index in [0.29, 0.717) is 26.2 Å². The zero-order valence-corrected chi connectivity index (χ0v) is 21.1. The maximum atomic E-state index is 13.2. The average molecular weight is 533 g/mol. The first-order chi connectivity index (χ1) is 18.3. The van der Waals surface area contributed by atoms with Crippen LogP contribution in [0.4, 0.5) is 5.69 Å². The SMILES string of the molecule is COc1ccccc1N1CCN(Cc2c(O)c(OC)c(O)c3c2C(=O)O[C@H]2[C@@H](O)[C@H](O)[C@@H](CO)O[C@H]32)CC1. The predicted octanol–water partition coefficient (Wildman–Crippen LogP) is 0.130. The van der Waals surface area contributed by atoms with Crippen LogP contribution in [0.25, 0.3) is 0 Å². The van der Waals surface area contributed by atoms with Crippen LogP contribution in [0.3, 0.4) is 0 Å². The van der Waals surface area contributed by atoms with Crippen molar-refractivity contribution in [3.63, 3.8) is 0 Å². The van der Waals surface area contributed by atoms with Gasteiger partial charge in [0.1, 0.15) is 30.2 Å². The Morgan fingerprint density at radius 1 is 1.00 bits per heavy atom. The number of rotatable bonds is 6. The Labute approximate surface area is 219 Å². The van der Waals surface area contributed by atoms with Crippen molar-refractivity contribution >= 4 is 11.7 Å². The Balaban J connectivity index is 1.46. The normalized spacial score (nSPS) is 27.3. The molecule has 5 N–H and O–H groups in total. The van der Waals surface area contributed by atoms with Crippen LogP contribution in [-0.2, 0) is 16.0 Å². The van der Waals surface area contributed by atoms with Gasteiger partial charge < -0.3 is 49.4 Å². The number of ether oxygens (including phenoxy) is 4. The highest BCUT2D eigenvalue weighted by molar-refractivity contribution is 5.97. The number of hydrogen-bond donors (Lipinski definition) is 5. The summed E-state index contributed by atoms with van der Waals surface area (Å²) >= 11 is 0. The van der Waals surface area contributed by atoms with Gasteiger partial charge in [0.15, 0.2) is 17.6 Å². The number of anilines is 1. The van der Waals surface area contributed by atoms with Crippen molar-refractivity contribution < 1.29 is 49.3 Å². The molecule has 0 bridgehead atoms. The largest absolute Gasteiger partial charge is 0.504 e. The predicted molar refractivity (Wildman–Crippen MR) is 133 cm³/mol. The van der Waals surface area contributed by atoms with Gasteiger partial charge in [0.05, 0.1) is 32.1 Å². The summed E-state index contributed by atoms with van der Waals surface area (Å²) in [5, 5.41) is 52.5. The monoisotopic (exact) mass is 532 g/mol. The van der Waals surface area contributed by atoms with Gasteiger partial charge >= 0.3 is 5.97 Å². The van der Waals surface area contributed by atoms with Crippen LogP contribution < -0.4 is 14.4 Å². The molecule has 5 rings (SSSR count). The molecule has 3 heterocycles. The molecule has 0 radical (unpaired) electrons.